The Bertz CT molecular complexity index is 590. The number of carbonyl (C=O) groups excluding carboxylic acids is 1. The quantitative estimate of drug-likeness (QED) is 0.0450. The number of aliphatic hydroxyl groups is 4. The Hall–Kier alpha value is -0.690. The number of unbranched alkanes of at least 4 members (excludes halogenated alkanes) is 26. The van der Waals surface area contributed by atoms with Crippen LogP contribution in [0.2, 0.25) is 0 Å². The van der Waals surface area contributed by atoms with Crippen LogP contribution in [-0.2, 0) is 4.79 Å². The van der Waals surface area contributed by atoms with Gasteiger partial charge in [0.15, 0.2) is 0 Å². The zero-order valence-corrected chi connectivity index (χ0v) is 29.4. The Morgan fingerprint density at radius 3 is 1.09 bits per heavy atom. The molecule has 1 amide bonds. The van der Waals surface area contributed by atoms with Gasteiger partial charge in [0, 0.05) is 0 Å². The molecule has 5 N–H and O–H groups in total. The van der Waals surface area contributed by atoms with Crippen molar-refractivity contribution in [1.82, 2.24) is 5.32 Å². The fourth-order valence-electron chi connectivity index (χ4n) is 6.17. The van der Waals surface area contributed by atoms with Crippen molar-refractivity contribution >= 4 is 5.91 Å². The summed E-state index contributed by atoms with van der Waals surface area (Å²) in [6, 6.07) is -0.977. The highest BCUT2D eigenvalue weighted by molar-refractivity contribution is 5.80. The molecule has 0 spiro atoms. The van der Waals surface area contributed by atoms with Crippen molar-refractivity contribution in [2.45, 2.75) is 231 Å². The van der Waals surface area contributed by atoms with Crippen molar-refractivity contribution in [3.8, 4) is 0 Å². The number of hydrogen-bond acceptors (Lipinski definition) is 5. The fourth-order valence-corrected chi connectivity index (χ4v) is 6.17. The van der Waals surface area contributed by atoms with Crippen molar-refractivity contribution in [2.75, 3.05) is 6.61 Å². The number of aliphatic hydroxyl groups excluding tert-OH is 4. The largest absolute Gasteiger partial charge is 0.394 e. The predicted molar refractivity (Wildman–Crippen MR) is 187 cm³/mol. The van der Waals surface area contributed by atoms with E-state index in [2.05, 4.69) is 19.2 Å². The first-order valence-corrected chi connectivity index (χ1v) is 19.4. The van der Waals surface area contributed by atoms with Crippen LogP contribution in [0.1, 0.15) is 206 Å². The van der Waals surface area contributed by atoms with Gasteiger partial charge < -0.3 is 25.7 Å². The van der Waals surface area contributed by atoms with Gasteiger partial charge in [0.2, 0.25) is 5.91 Å². The summed E-state index contributed by atoms with van der Waals surface area (Å²) in [5.41, 5.74) is 0. The molecule has 6 heteroatoms. The molecule has 6 nitrogen and oxygen atoms in total. The summed E-state index contributed by atoms with van der Waals surface area (Å²) in [7, 11) is 0. The van der Waals surface area contributed by atoms with E-state index in [-0.39, 0.29) is 0 Å². The molecule has 0 aromatic rings. The van der Waals surface area contributed by atoms with Crippen molar-refractivity contribution in [3.05, 3.63) is 0 Å². The van der Waals surface area contributed by atoms with Crippen molar-refractivity contribution < 1.29 is 25.2 Å². The van der Waals surface area contributed by atoms with E-state index < -0.39 is 36.9 Å². The normalized spacial score (nSPS) is 14.4. The Balaban J connectivity index is 3.76. The van der Waals surface area contributed by atoms with Gasteiger partial charge in [0.25, 0.3) is 0 Å². The molecule has 0 saturated heterocycles. The lowest BCUT2D eigenvalue weighted by Crippen LogP contribution is -2.53. The number of carbonyl (C=O) groups is 1. The molecule has 4 atom stereocenters. The standard InChI is InChI=1S/C38H77NO5/c1-3-5-7-9-11-13-15-17-18-19-20-22-24-26-28-30-32-36(42)38(44)39-34(33-40)37(43)35(41)31-29-27-25-23-21-16-14-12-10-8-6-4-2/h34-37,40-43H,3-33H2,1-2H3,(H,39,44)/t34-,35?,36?,37+/m1/s1. The minimum absolute atomic E-state index is 0.375. The van der Waals surface area contributed by atoms with Crippen molar-refractivity contribution in [1.29, 1.82) is 0 Å². The highest BCUT2D eigenvalue weighted by atomic mass is 16.3. The third-order valence-corrected chi connectivity index (χ3v) is 9.32. The second kappa shape index (κ2) is 33.7. The van der Waals surface area contributed by atoms with E-state index in [9.17, 15) is 25.2 Å². The summed E-state index contributed by atoms with van der Waals surface area (Å²) >= 11 is 0. The minimum atomic E-state index is -1.25. The molecule has 0 aliphatic heterocycles. The van der Waals surface area contributed by atoms with E-state index in [1.807, 2.05) is 0 Å². The molecule has 0 aromatic carbocycles. The molecule has 264 valence electrons. The molecule has 0 aliphatic carbocycles. The summed E-state index contributed by atoms with van der Waals surface area (Å²) in [4.78, 5) is 12.4. The summed E-state index contributed by atoms with van der Waals surface area (Å²) in [6.45, 7) is 4.04. The molecule has 0 heterocycles. The first-order valence-electron chi connectivity index (χ1n) is 19.4. The van der Waals surface area contributed by atoms with Crippen LogP contribution in [0, 0.1) is 0 Å². The van der Waals surface area contributed by atoms with E-state index in [0.717, 1.165) is 38.5 Å². The van der Waals surface area contributed by atoms with E-state index in [4.69, 9.17) is 0 Å². The molecule has 0 fully saturated rings. The van der Waals surface area contributed by atoms with Crippen molar-refractivity contribution in [3.63, 3.8) is 0 Å². The van der Waals surface area contributed by atoms with Gasteiger partial charge in [0.1, 0.15) is 12.2 Å². The smallest absolute Gasteiger partial charge is 0.249 e. The molecule has 0 aromatic heterocycles. The van der Waals surface area contributed by atoms with Crippen LogP contribution < -0.4 is 5.32 Å². The van der Waals surface area contributed by atoms with E-state index >= 15 is 0 Å². The van der Waals surface area contributed by atoms with Gasteiger partial charge in [-0.2, -0.15) is 0 Å². The number of hydrogen-bond donors (Lipinski definition) is 5. The Kier molecular flexibility index (Phi) is 33.1. The molecule has 0 radical (unpaired) electrons. The number of nitrogens with one attached hydrogen (secondary N) is 1. The summed E-state index contributed by atoms with van der Waals surface area (Å²) in [5, 5.41) is 43.5. The lowest BCUT2D eigenvalue weighted by Gasteiger charge is -2.27. The van der Waals surface area contributed by atoms with Gasteiger partial charge >= 0.3 is 0 Å². The zero-order chi connectivity index (χ0) is 32.5. The van der Waals surface area contributed by atoms with Crippen LogP contribution in [0.4, 0.5) is 0 Å². The lowest BCUT2D eigenvalue weighted by molar-refractivity contribution is -0.132. The van der Waals surface area contributed by atoms with E-state index in [1.54, 1.807) is 0 Å². The summed E-state index contributed by atoms with van der Waals surface area (Å²) in [5.74, 6) is -0.582. The maximum absolute atomic E-state index is 12.4. The topological polar surface area (TPSA) is 110 Å². The average molecular weight is 628 g/mol. The van der Waals surface area contributed by atoms with Gasteiger partial charge in [-0.3, -0.25) is 4.79 Å². The number of rotatable bonds is 35. The third-order valence-electron chi connectivity index (χ3n) is 9.32. The van der Waals surface area contributed by atoms with Crippen LogP contribution in [0.25, 0.3) is 0 Å². The lowest BCUT2D eigenvalue weighted by atomic mass is 9.99. The summed E-state index contributed by atoms with van der Waals surface area (Å²) in [6.07, 6.45) is 32.6. The van der Waals surface area contributed by atoms with Gasteiger partial charge in [-0.1, -0.05) is 194 Å². The summed E-state index contributed by atoms with van der Waals surface area (Å²) < 4.78 is 0. The van der Waals surface area contributed by atoms with Crippen LogP contribution in [-0.4, -0.2) is 57.3 Å². The van der Waals surface area contributed by atoms with E-state index in [0.29, 0.717) is 12.8 Å². The Morgan fingerprint density at radius 2 is 0.773 bits per heavy atom. The first kappa shape index (κ1) is 43.3. The second-order valence-electron chi connectivity index (χ2n) is 13.6. The molecular formula is C38H77NO5. The average Bonchev–Trinajstić information content (AvgIpc) is 3.03. The van der Waals surface area contributed by atoms with Crippen LogP contribution in [0.15, 0.2) is 0 Å². The van der Waals surface area contributed by atoms with E-state index in [1.165, 1.54) is 141 Å². The highest BCUT2D eigenvalue weighted by Crippen LogP contribution is 2.16. The molecule has 0 saturated carbocycles. The first-order chi connectivity index (χ1) is 21.5. The predicted octanol–water partition coefficient (Wildman–Crippen LogP) is 9.29. The monoisotopic (exact) mass is 628 g/mol. The molecular weight excluding hydrogens is 550 g/mol. The van der Waals surface area contributed by atoms with Gasteiger partial charge in [-0.15, -0.1) is 0 Å². The van der Waals surface area contributed by atoms with Crippen molar-refractivity contribution in [2.24, 2.45) is 0 Å². The van der Waals surface area contributed by atoms with Crippen LogP contribution in [0.5, 0.6) is 0 Å². The SMILES string of the molecule is CCCCCCCCCCCCCCCCCCC(O)C(=O)N[C@H](CO)[C@H](O)C(O)CCCCCCCCCCCCCC. The van der Waals surface area contributed by atoms with Crippen LogP contribution >= 0.6 is 0 Å². The Morgan fingerprint density at radius 1 is 0.477 bits per heavy atom. The van der Waals surface area contributed by atoms with Gasteiger partial charge in [-0.25, -0.2) is 0 Å². The molecule has 0 aliphatic rings. The molecule has 0 rings (SSSR count). The zero-order valence-electron chi connectivity index (χ0n) is 29.4. The van der Waals surface area contributed by atoms with Gasteiger partial charge in [0.05, 0.1) is 18.8 Å². The third kappa shape index (κ3) is 27.6. The maximum Gasteiger partial charge on any atom is 0.249 e. The Labute approximate surface area is 273 Å². The number of amides is 1. The maximum atomic E-state index is 12.4. The van der Waals surface area contributed by atoms with Crippen LogP contribution in [0.3, 0.4) is 0 Å². The highest BCUT2D eigenvalue weighted by Gasteiger charge is 2.28. The molecule has 2 unspecified atom stereocenters. The second-order valence-corrected chi connectivity index (χ2v) is 13.6. The fraction of sp³-hybridized carbons (Fsp3) is 0.974. The molecule has 0 bridgehead atoms. The van der Waals surface area contributed by atoms with Gasteiger partial charge in [-0.05, 0) is 12.8 Å². The minimum Gasteiger partial charge on any atom is -0.394 e. The molecule has 44 heavy (non-hydrogen) atoms.